The molecule has 3 rings (SSSR count). The van der Waals surface area contributed by atoms with E-state index in [2.05, 4.69) is 10.6 Å². The first-order chi connectivity index (χ1) is 12.5. The van der Waals surface area contributed by atoms with E-state index >= 15 is 0 Å². The number of anilines is 3. The molecule has 0 amide bonds. The van der Waals surface area contributed by atoms with E-state index in [0.29, 0.717) is 16.9 Å². The van der Waals surface area contributed by atoms with Gasteiger partial charge in [-0.25, -0.2) is 9.18 Å². The summed E-state index contributed by atoms with van der Waals surface area (Å²) >= 11 is 6.46. The number of carboxylic acid groups (broad SMARTS) is 1. The van der Waals surface area contributed by atoms with Crippen LogP contribution in [-0.4, -0.2) is 18.1 Å². The molecule has 3 aromatic carbocycles. The van der Waals surface area contributed by atoms with Gasteiger partial charge < -0.3 is 15.7 Å². The summed E-state index contributed by atoms with van der Waals surface area (Å²) in [5.74, 6) is -1.61. The minimum atomic E-state index is -1.08. The SMILES string of the molecule is CNc1c(F)cc(Nc2ccccc2C(=O)O)c(-c2ccccc2)c1Cl. The molecule has 0 saturated carbocycles. The van der Waals surface area contributed by atoms with Crippen molar-refractivity contribution in [3.8, 4) is 11.1 Å². The number of rotatable bonds is 5. The Kier molecular flexibility index (Phi) is 5.09. The fourth-order valence-electron chi connectivity index (χ4n) is 2.76. The number of hydrogen-bond donors (Lipinski definition) is 3. The standard InChI is InChI=1S/C20H16ClFN2O2/c1-23-19-14(22)11-16(17(18(19)21)12-7-3-2-4-8-12)24-15-10-6-5-9-13(15)20(25)26/h2-11,23-24H,1H3,(H,25,26). The summed E-state index contributed by atoms with van der Waals surface area (Å²) in [7, 11) is 1.59. The Bertz CT molecular complexity index is 962. The summed E-state index contributed by atoms with van der Waals surface area (Å²) in [4.78, 5) is 11.5. The zero-order valence-electron chi connectivity index (χ0n) is 13.9. The molecule has 0 aliphatic carbocycles. The first kappa shape index (κ1) is 17.8. The third-order valence-electron chi connectivity index (χ3n) is 3.96. The van der Waals surface area contributed by atoms with Gasteiger partial charge in [0.15, 0.2) is 0 Å². The first-order valence-corrected chi connectivity index (χ1v) is 8.25. The highest BCUT2D eigenvalue weighted by Crippen LogP contribution is 2.42. The zero-order valence-corrected chi connectivity index (χ0v) is 14.6. The summed E-state index contributed by atoms with van der Waals surface area (Å²) < 4.78 is 14.5. The van der Waals surface area contributed by atoms with Crippen molar-refractivity contribution in [3.63, 3.8) is 0 Å². The largest absolute Gasteiger partial charge is 0.478 e. The van der Waals surface area contributed by atoms with Crippen molar-refractivity contribution in [2.24, 2.45) is 0 Å². The highest BCUT2D eigenvalue weighted by atomic mass is 35.5. The normalized spacial score (nSPS) is 10.4. The van der Waals surface area contributed by atoms with Crippen LogP contribution in [0.2, 0.25) is 5.02 Å². The average molecular weight is 371 g/mol. The molecular weight excluding hydrogens is 355 g/mol. The van der Waals surface area contributed by atoms with Crippen LogP contribution in [-0.2, 0) is 0 Å². The van der Waals surface area contributed by atoms with Gasteiger partial charge in [-0.05, 0) is 17.7 Å². The van der Waals surface area contributed by atoms with Gasteiger partial charge in [0.1, 0.15) is 5.82 Å². The van der Waals surface area contributed by atoms with Crippen LogP contribution < -0.4 is 10.6 Å². The third-order valence-corrected chi connectivity index (χ3v) is 4.34. The van der Waals surface area contributed by atoms with Gasteiger partial charge in [0.25, 0.3) is 0 Å². The fraction of sp³-hybridized carbons (Fsp3) is 0.0500. The lowest BCUT2D eigenvalue weighted by atomic mass is 10.0. The predicted octanol–water partition coefficient (Wildman–Crippen LogP) is 5.63. The Hall–Kier alpha value is -3.05. The predicted molar refractivity (Wildman–Crippen MR) is 103 cm³/mol. The monoisotopic (exact) mass is 370 g/mol. The van der Waals surface area contributed by atoms with Crippen LogP contribution in [0, 0.1) is 5.82 Å². The molecule has 0 spiro atoms. The van der Waals surface area contributed by atoms with Crippen molar-refractivity contribution in [1.82, 2.24) is 0 Å². The van der Waals surface area contributed by atoms with Gasteiger partial charge in [-0.3, -0.25) is 0 Å². The smallest absolute Gasteiger partial charge is 0.337 e. The van der Waals surface area contributed by atoms with Crippen LogP contribution in [0.5, 0.6) is 0 Å². The molecule has 0 aliphatic heterocycles. The second-order valence-corrected chi connectivity index (χ2v) is 5.94. The van der Waals surface area contributed by atoms with E-state index < -0.39 is 11.8 Å². The van der Waals surface area contributed by atoms with Gasteiger partial charge in [-0.1, -0.05) is 54.1 Å². The molecule has 4 nitrogen and oxygen atoms in total. The Morgan fingerprint density at radius 1 is 1.04 bits per heavy atom. The number of carboxylic acids is 1. The molecular formula is C20H16ClFN2O2. The average Bonchev–Trinajstić information content (AvgIpc) is 2.63. The van der Waals surface area contributed by atoms with E-state index in [1.807, 2.05) is 30.3 Å². The molecule has 0 heterocycles. The summed E-state index contributed by atoms with van der Waals surface area (Å²) in [6, 6.07) is 17.0. The third kappa shape index (κ3) is 3.34. The minimum absolute atomic E-state index is 0.0840. The molecule has 0 saturated heterocycles. The topological polar surface area (TPSA) is 61.4 Å². The number of para-hydroxylation sites is 1. The molecule has 0 fully saturated rings. The molecule has 0 bridgehead atoms. The lowest BCUT2D eigenvalue weighted by Gasteiger charge is -2.18. The van der Waals surface area contributed by atoms with Gasteiger partial charge in [0, 0.05) is 18.7 Å². The Labute approximate surface area is 155 Å². The Morgan fingerprint density at radius 2 is 1.69 bits per heavy atom. The number of aromatic carboxylic acids is 1. The van der Waals surface area contributed by atoms with Gasteiger partial charge in [-0.2, -0.15) is 0 Å². The molecule has 3 N–H and O–H groups in total. The van der Waals surface area contributed by atoms with Crippen molar-refractivity contribution >= 4 is 34.6 Å². The highest BCUT2D eigenvalue weighted by molar-refractivity contribution is 6.37. The quantitative estimate of drug-likeness (QED) is 0.544. The van der Waals surface area contributed by atoms with Gasteiger partial charge in [0.05, 0.1) is 27.6 Å². The molecule has 6 heteroatoms. The Balaban J connectivity index is 2.20. The molecule has 132 valence electrons. The van der Waals surface area contributed by atoms with E-state index in [9.17, 15) is 14.3 Å². The number of halogens is 2. The van der Waals surface area contributed by atoms with E-state index in [4.69, 9.17) is 11.6 Å². The van der Waals surface area contributed by atoms with E-state index in [1.54, 1.807) is 25.2 Å². The number of hydrogen-bond acceptors (Lipinski definition) is 3. The maximum Gasteiger partial charge on any atom is 0.337 e. The Morgan fingerprint density at radius 3 is 2.35 bits per heavy atom. The molecule has 3 aromatic rings. The van der Waals surface area contributed by atoms with Crippen LogP contribution in [0.1, 0.15) is 10.4 Å². The summed E-state index contributed by atoms with van der Waals surface area (Å²) in [5.41, 5.74) is 2.36. The van der Waals surface area contributed by atoms with Crippen LogP contribution in [0.4, 0.5) is 21.5 Å². The number of benzene rings is 3. The minimum Gasteiger partial charge on any atom is -0.478 e. The summed E-state index contributed by atoms with van der Waals surface area (Å²) in [6.45, 7) is 0. The second-order valence-electron chi connectivity index (χ2n) is 5.56. The van der Waals surface area contributed by atoms with Crippen LogP contribution in [0.3, 0.4) is 0 Å². The fourth-order valence-corrected chi connectivity index (χ4v) is 3.15. The van der Waals surface area contributed by atoms with Crippen molar-refractivity contribution in [2.75, 3.05) is 17.7 Å². The van der Waals surface area contributed by atoms with Gasteiger partial charge >= 0.3 is 5.97 Å². The van der Waals surface area contributed by atoms with Gasteiger partial charge in [0.2, 0.25) is 0 Å². The molecule has 26 heavy (non-hydrogen) atoms. The van der Waals surface area contributed by atoms with Crippen molar-refractivity contribution < 1.29 is 14.3 Å². The van der Waals surface area contributed by atoms with Crippen molar-refractivity contribution in [1.29, 1.82) is 0 Å². The molecule has 0 radical (unpaired) electrons. The lowest BCUT2D eigenvalue weighted by molar-refractivity contribution is 0.0698. The number of nitrogens with one attached hydrogen (secondary N) is 2. The van der Waals surface area contributed by atoms with Crippen LogP contribution in [0.15, 0.2) is 60.7 Å². The van der Waals surface area contributed by atoms with Crippen LogP contribution >= 0.6 is 11.6 Å². The zero-order chi connectivity index (χ0) is 18.7. The maximum atomic E-state index is 14.5. The highest BCUT2D eigenvalue weighted by Gasteiger charge is 2.19. The van der Waals surface area contributed by atoms with Gasteiger partial charge in [-0.15, -0.1) is 0 Å². The first-order valence-electron chi connectivity index (χ1n) is 7.87. The molecule has 0 aromatic heterocycles. The molecule has 0 unspecified atom stereocenters. The molecule has 0 aliphatic rings. The van der Waals surface area contributed by atoms with E-state index in [0.717, 1.165) is 5.56 Å². The van der Waals surface area contributed by atoms with Crippen molar-refractivity contribution in [3.05, 3.63) is 77.1 Å². The maximum absolute atomic E-state index is 14.5. The summed E-state index contributed by atoms with van der Waals surface area (Å²) in [6.07, 6.45) is 0. The summed E-state index contributed by atoms with van der Waals surface area (Å²) in [5, 5.41) is 15.4. The van der Waals surface area contributed by atoms with E-state index in [-0.39, 0.29) is 16.3 Å². The van der Waals surface area contributed by atoms with E-state index in [1.165, 1.54) is 12.1 Å². The molecule has 0 atom stereocenters. The number of carbonyl (C=O) groups is 1. The van der Waals surface area contributed by atoms with Crippen molar-refractivity contribution in [2.45, 2.75) is 0 Å². The van der Waals surface area contributed by atoms with Crippen LogP contribution in [0.25, 0.3) is 11.1 Å². The second kappa shape index (κ2) is 7.45. The lowest BCUT2D eigenvalue weighted by Crippen LogP contribution is -2.05.